The predicted octanol–water partition coefficient (Wildman–Crippen LogP) is 2.45. The average Bonchev–Trinajstić information content (AvgIpc) is 2.55. The minimum absolute atomic E-state index is 0.0307. The Balaban J connectivity index is 1.93. The number of aliphatic carboxylic acids is 1. The fraction of sp³-hybridized carbons (Fsp3) is 0.471. The second-order valence-electron chi connectivity index (χ2n) is 5.93. The third-order valence-electron chi connectivity index (χ3n) is 3.92. The van der Waals surface area contributed by atoms with E-state index in [1.165, 1.54) is 18.7 Å². The topological polar surface area (TPSA) is 86.7 Å². The van der Waals surface area contributed by atoms with Crippen LogP contribution in [0.5, 0.6) is 0 Å². The molecule has 1 saturated heterocycles. The summed E-state index contributed by atoms with van der Waals surface area (Å²) in [6.45, 7) is 4.20. The van der Waals surface area contributed by atoms with Crippen LogP contribution < -0.4 is 5.32 Å². The Morgan fingerprint density at radius 2 is 1.96 bits per heavy atom. The zero-order valence-electron chi connectivity index (χ0n) is 13.8. The molecule has 1 heterocycles. The largest absolute Gasteiger partial charge is 0.481 e. The number of carboxylic acids is 1. The Morgan fingerprint density at radius 3 is 2.54 bits per heavy atom. The van der Waals surface area contributed by atoms with Crippen molar-refractivity contribution in [3.05, 3.63) is 24.3 Å². The summed E-state index contributed by atoms with van der Waals surface area (Å²) < 4.78 is 0. The van der Waals surface area contributed by atoms with Crippen molar-refractivity contribution in [1.29, 1.82) is 0 Å². The number of hydrogen-bond acceptors (Lipinski definition) is 4. The maximum atomic E-state index is 12.5. The van der Waals surface area contributed by atoms with Crippen molar-refractivity contribution < 1.29 is 19.5 Å². The van der Waals surface area contributed by atoms with Gasteiger partial charge in [0.1, 0.15) is 0 Å². The van der Waals surface area contributed by atoms with Crippen LogP contribution in [0.15, 0.2) is 29.2 Å². The number of thioether (sulfide) groups is 1. The number of carboxylic acid groups (broad SMARTS) is 1. The van der Waals surface area contributed by atoms with Crippen LogP contribution in [0, 0.1) is 5.92 Å². The maximum Gasteiger partial charge on any atom is 0.308 e. The highest BCUT2D eigenvalue weighted by Gasteiger charge is 2.30. The number of benzene rings is 1. The van der Waals surface area contributed by atoms with Gasteiger partial charge >= 0.3 is 5.97 Å². The van der Waals surface area contributed by atoms with Crippen LogP contribution in [0.2, 0.25) is 0 Å². The lowest BCUT2D eigenvalue weighted by Gasteiger charge is -2.32. The van der Waals surface area contributed by atoms with Crippen LogP contribution in [-0.4, -0.2) is 46.1 Å². The molecule has 1 aliphatic heterocycles. The number of amides is 2. The third kappa shape index (κ3) is 4.99. The molecule has 0 radical (unpaired) electrons. The number of anilines is 1. The quantitative estimate of drug-likeness (QED) is 0.797. The summed E-state index contributed by atoms with van der Waals surface area (Å²) in [5.41, 5.74) is 0.714. The summed E-state index contributed by atoms with van der Waals surface area (Å²) in [6.07, 6.45) is 1.36. The van der Waals surface area contributed by atoms with Gasteiger partial charge in [-0.15, -0.1) is 11.8 Å². The Labute approximate surface area is 145 Å². The average molecular weight is 350 g/mol. The van der Waals surface area contributed by atoms with E-state index in [1.54, 1.807) is 17.0 Å². The van der Waals surface area contributed by atoms with E-state index in [9.17, 15) is 14.4 Å². The summed E-state index contributed by atoms with van der Waals surface area (Å²) in [4.78, 5) is 37.2. The number of nitrogens with one attached hydrogen (secondary N) is 1. The minimum atomic E-state index is -0.832. The molecule has 2 N–H and O–H groups in total. The first-order valence-electron chi connectivity index (χ1n) is 7.92. The molecular weight excluding hydrogens is 328 g/mol. The molecule has 6 nitrogen and oxygen atoms in total. The summed E-state index contributed by atoms with van der Waals surface area (Å²) in [6, 6.07) is 7.30. The molecule has 2 unspecified atom stereocenters. The molecule has 1 aliphatic rings. The van der Waals surface area contributed by atoms with E-state index in [1.807, 2.05) is 19.1 Å². The highest BCUT2D eigenvalue weighted by Crippen LogP contribution is 2.27. The Bertz CT molecular complexity index is 618. The standard InChI is InChI=1S/C17H22N2O4S/c1-11(16(21)19-9-3-4-13(10-19)17(22)23)24-15-7-5-14(6-8-15)18-12(2)20/h5-8,11,13H,3-4,9-10H2,1-2H3,(H,18,20)(H,22,23). The molecule has 1 fully saturated rings. The molecule has 0 aliphatic carbocycles. The second-order valence-corrected chi connectivity index (χ2v) is 7.34. The number of nitrogens with zero attached hydrogens (tertiary/aromatic N) is 1. The van der Waals surface area contributed by atoms with Gasteiger partial charge in [0.25, 0.3) is 0 Å². The zero-order valence-corrected chi connectivity index (χ0v) is 14.6. The molecular formula is C17H22N2O4S. The minimum Gasteiger partial charge on any atom is -0.481 e. The first kappa shape index (κ1) is 18.3. The van der Waals surface area contributed by atoms with Gasteiger partial charge in [-0.3, -0.25) is 14.4 Å². The summed E-state index contributed by atoms with van der Waals surface area (Å²) >= 11 is 1.43. The van der Waals surface area contributed by atoms with Crippen LogP contribution >= 0.6 is 11.8 Å². The molecule has 0 bridgehead atoms. The van der Waals surface area contributed by atoms with Gasteiger partial charge in [-0.1, -0.05) is 0 Å². The van der Waals surface area contributed by atoms with Gasteiger partial charge in [-0.25, -0.2) is 0 Å². The van der Waals surface area contributed by atoms with Crippen LogP contribution in [0.3, 0.4) is 0 Å². The van der Waals surface area contributed by atoms with Crippen molar-refractivity contribution >= 4 is 35.2 Å². The maximum absolute atomic E-state index is 12.5. The van der Waals surface area contributed by atoms with Crippen LogP contribution in [0.1, 0.15) is 26.7 Å². The molecule has 0 spiro atoms. The van der Waals surface area contributed by atoms with Gasteiger partial charge in [0.15, 0.2) is 0 Å². The van der Waals surface area contributed by atoms with Crippen LogP contribution in [-0.2, 0) is 14.4 Å². The fourth-order valence-electron chi connectivity index (χ4n) is 2.71. The van der Waals surface area contributed by atoms with Gasteiger partial charge in [-0.2, -0.15) is 0 Å². The molecule has 0 aromatic heterocycles. The Morgan fingerprint density at radius 1 is 1.29 bits per heavy atom. The molecule has 2 rings (SSSR count). The van der Waals surface area contributed by atoms with Crippen LogP contribution in [0.25, 0.3) is 0 Å². The van der Waals surface area contributed by atoms with Gasteiger partial charge in [0.05, 0.1) is 11.2 Å². The summed E-state index contributed by atoms with van der Waals surface area (Å²) in [7, 11) is 0. The highest BCUT2D eigenvalue weighted by molar-refractivity contribution is 8.00. The predicted molar refractivity (Wildman–Crippen MR) is 93.0 cm³/mol. The molecule has 1 aromatic rings. The van der Waals surface area contributed by atoms with Gasteiger partial charge < -0.3 is 15.3 Å². The lowest BCUT2D eigenvalue weighted by Crippen LogP contribution is -2.45. The van der Waals surface area contributed by atoms with E-state index in [-0.39, 0.29) is 17.1 Å². The molecule has 2 amide bonds. The van der Waals surface area contributed by atoms with Gasteiger partial charge in [0, 0.05) is 30.6 Å². The number of likely N-dealkylation sites (tertiary alicyclic amines) is 1. The first-order valence-corrected chi connectivity index (χ1v) is 8.80. The lowest BCUT2D eigenvalue weighted by atomic mass is 9.98. The van der Waals surface area contributed by atoms with E-state index in [4.69, 9.17) is 5.11 Å². The fourth-order valence-corrected chi connectivity index (χ4v) is 3.66. The van der Waals surface area contributed by atoms with Crippen LogP contribution in [0.4, 0.5) is 5.69 Å². The second kappa shape index (κ2) is 8.19. The normalized spacial score (nSPS) is 18.8. The number of rotatable bonds is 5. The monoisotopic (exact) mass is 350 g/mol. The van der Waals surface area contributed by atoms with E-state index in [2.05, 4.69) is 5.32 Å². The zero-order chi connectivity index (χ0) is 17.7. The van der Waals surface area contributed by atoms with Crippen molar-refractivity contribution in [1.82, 2.24) is 4.90 Å². The summed E-state index contributed by atoms with van der Waals surface area (Å²) in [5, 5.41) is 11.5. The lowest BCUT2D eigenvalue weighted by molar-refractivity contribution is -0.145. The van der Waals surface area contributed by atoms with E-state index in [0.29, 0.717) is 25.2 Å². The molecule has 0 saturated carbocycles. The smallest absolute Gasteiger partial charge is 0.308 e. The molecule has 1 aromatic carbocycles. The van der Waals surface area contributed by atoms with E-state index in [0.717, 1.165) is 11.3 Å². The SMILES string of the molecule is CC(=O)Nc1ccc(SC(C)C(=O)N2CCCC(C(=O)O)C2)cc1. The molecule has 2 atom stereocenters. The van der Waals surface area contributed by atoms with Crippen molar-refractivity contribution in [2.45, 2.75) is 36.8 Å². The van der Waals surface area contributed by atoms with Gasteiger partial charge in [0.2, 0.25) is 11.8 Å². The molecule has 130 valence electrons. The first-order chi connectivity index (χ1) is 11.4. The third-order valence-corrected chi connectivity index (χ3v) is 5.02. The molecule has 24 heavy (non-hydrogen) atoms. The number of carbonyl (C=O) groups excluding carboxylic acids is 2. The Hall–Kier alpha value is -2.02. The summed E-state index contributed by atoms with van der Waals surface area (Å²) in [5.74, 6) is -1.45. The Kier molecular flexibility index (Phi) is 6.25. The van der Waals surface area contributed by atoms with E-state index >= 15 is 0 Å². The van der Waals surface area contributed by atoms with E-state index < -0.39 is 11.9 Å². The van der Waals surface area contributed by atoms with Crippen molar-refractivity contribution in [2.75, 3.05) is 18.4 Å². The van der Waals surface area contributed by atoms with Crippen molar-refractivity contribution in [3.8, 4) is 0 Å². The van der Waals surface area contributed by atoms with Crippen molar-refractivity contribution in [3.63, 3.8) is 0 Å². The van der Waals surface area contributed by atoms with Crippen molar-refractivity contribution in [2.24, 2.45) is 5.92 Å². The number of piperidine rings is 1. The highest BCUT2D eigenvalue weighted by atomic mass is 32.2. The molecule has 7 heteroatoms. The van der Waals surface area contributed by atoms with Gasteiger partial charge in [-0.05, 0) is 44.0 Å². The number of carbonyl (C=O) groups is 3. The number of hydrogen-bond donors (Lipinski definition) is 2.